The number of hydrogen-bond donors (Lipinski definition) is 0. The summed E-state index contributed by atoms with van der Waals surface area (Å²) >= 11 is 0. The summed E-state index contributed by atoms with van der Waals surface area (Å²) in [4.78, 5) is 8.67. The molecule has 0 saturated heterocycles. The maximum atomic E-state index is 4.40. The molecular formula is C12H20N2. The molecule has 2 nitrogen and oxygen atoms in total. The van der Waals surface area contributed by atoms with Gasteiger partial charge in [-0.2, -0.15) is 0 Å². The van der Waals surface area contributed by atoms with E-state index in [0.717, 1.165) is 17.8 Å². The third-order valence-electron chi connectivity index (χ3n) is 2.22. The number of nitrogens with zero attached hydrogens (tertiary/aromatic N) is 2. The zero-order chi connectivity index (χ0) is 10.8. The normalized spacial score (nSPS) is 14.1. The second kappa shape index (κ2) is 4.07. The Morgan fingerprint density at radius 1 is 1.21 bits per heavy atom. The van der Waals surface area contributed by atoms with Crippen LogP contribution in [0.5, 0.6) is 0 Å². The van der Waals surface area contributed by atoms with Crippen LogP contribution >= 0.6 is 0 Å². The first-order valence-corrected chi connectivity index (χ1v) is 5.17. The minimum Gasteiger partial charge on any atom is -0.258 e. The largest absolute Gasteiger partial charge is 0.258 e. The van der Waals surface area contributed by atoms with E-state index in [1.807, 2.05) is 19.3 Å². The molecule has 1 atom stereocenters. The van der Waals surface area contributed by atoms with Crippen molar-refractivity contribution in [3.05, 3.63) is 23.8 Å². The molecule has 0 spiro atoms. The van der Waals surface area contributed by atoms with E-state index < -0.39 is 0 Å². The predicted octanol–water partition coefficient (Wildman–Crippen LogP) is 3.32. The lowest BCUT2D eigenvalue weighted by Crippen LogP contribution is -2.11. The van der Waals surface area contributed by atoms with Gasteiger partial charge in [0, 0.05) is 18.3 Å². The Labute approximate surface area is 86.8 Å². The molecule has 78 valence electrons. The van der Waals surface area contributed by atoms with Gasteiger partial charge in [-0.3, -0.25) is 9.97 Å². The van der Waals surface area contributed by atoms with Crippen LogP contribution in [0.15, 0.2) is 12.4 Å². The van der Waals surface area contributed by atoms with Gasteiger partial charge in [-0.05, 0) is 18.8 Å². The van der Waals surface area contributed by atoms with Crippen molar-refractivity contribution in [1.82, 2.24) is 9.97 Å². The Kier molecular flexibility index (Phi) is 3.25. The van der Waals surface area contributed by atoms with Gasteiger partial charge in [0.25, 0.3) is 0 Å². The van der Waals surface area contributed by atoms with E-state index in [2.05, 4.69) is 37.7 Å². The topological polar surface area (TPSA) is 25.8 Å². The third kappa shape index (κ3) is 3.44. The van der Waals surface area contributed by atoms with E-state index in [9.17, 15) is 0 Å². The highest BCUT2D eigenvalue weighted by Gasteiger charge is 2.17. The van der Waals surface area contributed by atoms with Crippen LogP contribution in [0.3, 0.4) is 0 Å². The van der Waals surface area contributed by atoms with E-state index >= 15 is 0 Å². The van der Waals surface area contributed by atoms with Crippen molar-refractivity contribution in [1.29, 1.82) is 0 Å². The van der Waals surface area contributed by atoms with Crippen molar-refractivity contribution in [3.8, 4) is 0 Å². The predicted molar refractivity (Wildman–Crippen MR) is 59.3 cm³/mol. The van der Waals surface area contributed by atoms with Crippen LogP contribution in [0.4, 0.5) is 0 Å². The molecule has 0 N–H and O–H groups in total. The molecule has 0 aliphatic heterocycles. The number of rotatable bonds is 2. The lowest BCUT2D eigenvalue weighted by atomic mass is 9.84. The van der Waals surface area contributed by atoms with Gasteiger partial charge < -0.3 is 0 Å². The maximum Gasteiger partial charge on any atom is 0.0615 e. The molecule has 0 aromatic carbocycles. The molecule has 0 saturated carbocycles. The van der Waals surface area contributed by atoms with Crippen LogP contribution in [0.1, 0.15) is 51.4 Å². The molecule has 0 unspecified atom stereocenters. The van der Waals surface area contributed by atoms with Gasteiger partial charge in [0.15, 0.2) is 0 Å². The van der Waals surface area contributed by atoms with Crippen LogP contribution in [-0.2, 0) is 0 Å². The number of aryl methyl sites for hydroxylation is 1. The summed E-state index contributed by atoms with van der Waals surface area (Å²) < 4.78 is 0. The fourth-order valence-electron chi connectivity index (χ4n) is 1.68. The van der Waals surface area contributed by atoms with Crippen molar-refractivity contribution < 1.29 is 0 Å². The van der Waals surface area contributed by atoms with Gasteiger partial charge in [0.2, 0.25) is 0 Å². The summed E-state index contributed by atoms with van der Waals surface area (Å²) in [6.07, 6.45) is 4.88. The Morgan fingerprint density at radius 2 is 1.86 bits per heavy atom. The molecule has 14 heavy (non-hydrogen) atoms. The molecule has 1 aromatic heterocycles. The molecule has 0 bridgehead atoms. The summed E-state index contributed by atoms with van der Waals surface area (Å²) in [5, 5.41) is 0. The second-order valence-electron chi connectivity index (χ2n) is 5.25. The SMILES string of the molecule is Cc1cnc([C@@H](C)CC(C)(C)C)cn1. The summed E-state index contributed by atoms with van der Waals surface area (Å²) in [6.45, 7) is 10.9. The summed E-state index contributed by atoms with van der Waals surface area (Å²) in [7, 11) is 0. The molecule has 0 aliphatic rings. The Hall–Kier alpha value is -0.920. The Balaban J connectivity index is 2.70. The molecule has 0 amide bonds. The molecule has 1 heterocycles. The van der Waals surface area contributed by atoms with Gasteiger partial charge in [-0.15, -0.1) is 0 Å². The van der Waals surface area contributed by atoms with Crippen molar-refractivity contribution in [2.24, 2.45) is 5.41 Å². The van der Waals surface area contributed by atoms with E-state index in [1.165, 1.54) is 0 Å². The number of hydrogen-bond acceptors (Lipinski definition) is 2. The van der Waals surface area contributed by atoms with Crippen molar-refractivity contribution in [2.75, 3.05) is 0 Å². The fourth-order valence-corrected chi connectivity index (χ4v) is 1.68. The van der Waals surface area contributed by atoms with Crippen molar-refractivity contribution in [3.63, 3.8) is 0 Å². The van der Waals surface area contributed by atoms with E-state index in [0.29, 0.717) is 11.3 Å². The van der Waals surface area contributed by atoms with Crippen LogP contribution in [0.2, 0.25) is 0 Å². The van der Waals surface area contributed by atoms with Gasteiger partial charge in [-0.1, -0.05) is 27.7 Å². The van der Waals surface area contributed by atoms with Crippen LogP contribution in [-0.4, -0.2) is 9.97 Å². The summed E-state index contributed by atoms with van der Waals surface area (Å²) in [6, 6.07) is 0. The zero-order valence-corrected chi connectivity index (χ0v) is 9.83. The molecule has 1 aromatic rings. The minimum atomic E-state index is 0.353. The highest BCUT2D eigenvalue weighted by Crippen LogP contribution is 2.29. The van der Waals surface area contributed by atoms with Crippen LogP contribution in [0.25, 0.3) is 0 Å². The van der Waals surface area contributed by atoms with Crippen molar-refractivity contribution in [2.45, 2.75) is 47.0 Å². The smallest absolute Gasteiger partial charge is 0.0615 e. The van der Waals surface area contributed by atoms with Crippen LogP contribution < -0.4 is 0 Å². The Bertz CT molecular complexity index is 282. The lowest BCUT2D eigenvalue weighted by Gasteiger charge is -2.22. The van der Waals surface area contributed by atoms with Crippen molar-refractivity contribution >= 4 is 0 Å². The van der Waals surface area contributed by atoms with E-state index in [4.69, 9.17) is 0 Å². The highest BCUT2D eigenvalue weighted by atomic mass is 14.8. The molecule has 1 rings (SSSR count). The summed E-state index contributed by atoms with van der Waals surface area (Å²) in [5.41, 5.74) is 2.44. The first-order valence-electron chi connectivity index (χ1n) is 5.17. The minimum absolute atomic E-state index is 0.353. The monoisotopic (exact) mass is 192 g/mol. The molecule has 0 aliphatic carbocycles. The quantitative estimate of drug-likeness (QED) is 0.718. The fraction of sp³-hybridized carbons (Fsp3) is 0.667. The van der Waals surface area contributed by atoms with E-state index in [-0.39, 0.29) is 0 Å². The highest BCUT2D eigenvalue weighted by molar-refractivity contribution is 5.06. The van der Waals surface area contributed by atoms with Gasteiger partial charge >= 0.3 is 0 Å². The summed E-state index contributed by atoms with van der Waals surface area (Å²) in [5.74, 6) is 0.489. The van der Waals surface area contributed by atoms with Gasteiger partial charge in [0.05, 0.1) is 11.4 Å². The lowest BCUT2D eigenvalue weighted by molar-refractivity contribution is 0.346. The van der Waals surface area contributed by atoms with Gasteiger partial charge in [-0.25, -0.2) is 0 Å². The molecular weight excluding hydrogens is 172 g/mol. The zero-order valence-electron chi connectivity index (χ0n) is 9.83. The average Bonchev–Trinajstić information content (AvgIpc) is 2.02. The average molecular weight is 192 g/mol. The third-order valence-corrected chi connectivity index (χ3v) is 2.22. The van der Waals surface area contributed by atoms with Gasteiger partial charge in [0.1, 0.15) is 0 Å². The van der Waals surface area contributed by atoms with E-state index in [1.54, 1.807) is 0 Å². The standard InChI is InChI=1S/C12H20N2/c1-9(6-12(3,4)5)11-8-13-10(2)7-14-11/h7-9H,6H2,1-5H3/t9-/m0/s1. The maximum absolute atomic E-state index is 4.40. The molecule has 2 heteroatoms. The number of aromatic nitrogens is 2. The first-order chi connectivity index (χ1) is 6.38. The molecule has 0 radical (unpaired) electrons. The molecule has 0 fully saturated rings. The Morgan fingerprint density at radius 3 is 2.29 bits per heavy atom. The second-order valence-corrected chi connectivity index (χ2v) is 5.25. The first kappa shape index (κ1) is 11.2. The van der Waals surface area contributed by atoms with Crippen LogP contribution in [0, 0.1) is 12.3 Å².